The summed E-state index contributed by atoms with van der Waals surface area (Å²) in [7, 11) is -4.19. The van der Waals surface area contributed by atoms with Crippen LogP contribution >= 0.6 is 22.9 Å². The first-order valence-corrected chi connectivity index (χ1v) is 16.8. The zero-order valence-corrected chi connectivity index (χ0v) is 26.4. The summed E-state index contributed by atoms with van der Waals surface area (Å²) in [5.41, 5.74) is 0.166. The summed E-state index contributed by atoms with van der Waals surface area (Å²) in [6.45, 7) is -0.459. The third-order valence-corrected chi connectivity index (χ3v) is 11.1. The number of amides is 1. The van der Waals surface area contributed by atoms with Crippen LogP contribution in [-0.4, -0.2) is 60.6 Å². The molecule has 1 N–H and O–H groups in total. The first-order valence-electron chi connectivity index (χ1n) is 14.1. The topological polar surface area (TPSA) is 105 Å². The molecule has 2 aromatic heterocycles. The molecule has 47 heavy (non-hydrogen) atoms. The minimum atomic E-state index is -4.87. The number of hydrogen-bond donors (Lipinski definition) is 1. The Kier molecular flexibility index (Phi) is 8.78. The number of sulfonamides is 1. The Morgan fingerprint density at radius 2 is 1.68 bits per heavy atom. The van der Waals surface area contributed by atoms with Gasteiger partial charge in [0.05, 0.1) is 15.1 Å². The third kappa shape index (κ3) is 7.42. The molecule has 6 rings (SSSR count). The molecule has 1 atom stereocenters. The Morgan fingerprint density at radius 1 is 1.00 bits per heavy atom. The van der Waals surface area contributed by atoms with Crippen molar-refractivity contribution in [2.45, 2.75) is 48.8 Å². The molecule has 2 aliphatic rings. The zero-order valence-electron chi connectivity index (χ0n) is 24.0. The van der Waals surface area contributed by atoms with Crippen LogP contribution < -0.4 is 15.0 Å². The highest BCUT2D eigenvalue weighted by molar-refractivity contribution is 7.89. The maximum Gasteiger partial charge on any atom is 0.573 e. The minimum Gasteiger partial charge on any atom is -0.406 e. The number of nitrogens with zero attached hydrogens (tertiary/aromatic N) is 4. The fourth-order valence-electron chi connectivity index (χ4n) is 5.19. The number of carbonyl (C=O) groups excluding carboxylic acids is 1. The van der Waals surface area contributed by atoms with Crippen molar-refractivity contribution in [2.75, 3.05) is 24.5 Å². The van der Waals surface area contributed by atoms with Crippen LogP contribution in [-0.2, 0) is 27.5 Å². The third-order valence-electron chi connectivity index (χ3n) is 7.68. The van der Waals surface area contributed by atoms with E-state index in [9.17, 15) is 39.6 Å². The first kappa shape index (κ1) is 33.2. The molecule has 0 radical (unpaired) electrons. The molecule has 2 fully saturated rings. The van der Waals surface area contributed by atoms with Crippen molar-refractivity contribution in [3.63, 3.8) is 0 Å². The van der Waals surface area contributed by atoms with Crippen molar-refractivity contribution < 1.29 is 44.3 Å². The van der Waals surface area contributed by atoms with E-state index in [4.69, 9.17) is 11.6 Å². The Morgan fingerprint density at radius 3 is 2.30 bits per heavy atom. The van der Waals surface area contributed by atoms with Crippen LogP contribution in [0.2, 0.25) is 5.15 Å². The number of benzene rings is 2. The normalized spacial score (nSPS) is 18.0. The molecule has 3 heterocycles. The summed E-state index contributed by atoms with van der Waals surface area (Å²) < 4.78 is 110. The molecule has 4 aromatic rings. The number of thiazole rings is 1. The van der Waals surface area contributed by atoms with Gasteiger partial charge in [-0.05, 0) is 60.2 Å². The van der Waals surface area contributed by atoms with Crippen molar-refractivity contribution in [2.24, 2.45) is 0 Å². The molecule has 0 unspecified atom stereocenters. The standard InChI is InChI=1S/C29H24ClF6N5O4S2/c30-25-24-21(13-23(39-25)28(31,32)33)38-27(46-24)40-11-12-41(47(43,44)20-9-5-18(6-10-20)17-3-4-17)22(15-40)26(42)37-14-16-1-7-19(8-2-16)45-29(34,35)36/h1-2,5-10,13,17,22H,3-4,11-12,14-15H2,(H,37,42)/t22-/m1/s1. The number of aromatic nitrogens is 2. The molecule has 0 bridgehead atoms. The summed E-state index contributed by atoms with van der Waals surface area (Å²) >= 11 is 7.01. The quantitative estimate of drug-likeness (QED) is 0.168. The molecule has 1 aliphatic heterocycles. The summed E-state index contributed by atoms with van der Waals surface area (Å²) in [5.74, 6) is -0.759. The van der Waals surface area contributed by atoms with Gasteiger partial charge in [-0.1, -0.05) is 47.2 Å². The monoisotopic (exact) mass is 719 g/mol. The van der Waals surface area contributed by atoms with Gasteiger partial charge in [-0.15, -0.1) is 13.2 Å². The average Bonchev–Trinajstić information content (AvgIpc) is 3.77. The molecular formula is C29H24ClF6N5O4S2. The molecular weight excluding hydrogens is 696 g/mol. The van der Waals surface area contributed by atoms with Gasteiger partial charge >= 0.3 is 12.5 Å². The van der Waals surface area contributed by atoms with Crippen LogP contribution in [0.4, 0.5) is 31.5 Å². The number of carbonyl (C=O) groups is 1. The van der Waals surface area contributed by atoms with Gasteiger partial charge in [0.15, 0.2) is 5.13 Å². The van der Waals surface area contributed by atoms with Crippen LogP contribution in [0.15, 0.2) is 59.5 Å². The summed E-state index contributed by atoms with van der Waals surface area (Å²) in [6, 6.07) is 10.7. The van der Waals surface area contributed by atoms with Crippen molar-refractivity contribution in [1.82, 2.24) is 19.6 Å². The van der Waals surface area contributed by atoms with E-state index in [1.807, 2.05) is 0 Å². The lowest BCUT2D eigenvalue weighted by Crippen LogP contribution is -2.60. The maximum atomic E-state index is 13.9. The predicted octanol–water partition coefficient (Wildman–Crippen LogP) is 6.34. The number of anilines is 1. The number of piperazine rings is 1. The number of nitrogens with one attached hydrogen (secondary N) is 1. The van der Waals surface area contributed by atoms with E-state index in [0.717, 1.165) is 52.2 Å². The first-order chi connectivity index (χ1) is 22.1. The number of rotatable bonds is 8. The Labute approximate surface area is 273 Å². The van der Waals surface area contributed by atoms with Gasteiger partial charge < -0.3 is 15.0 Å². The van der Waals surface area contributed by atoms with Crippen LogP contribution in [0.3, 0.4) is 0 Å². The second-order valence-corrected chi connectivity index (χ2v) is 14.2. The number of pyridine rings is 1. The van der Waals surface area contributed by atoms with Crippen molar-refractivity contribution in [1.29, 1.82) is 0 Å². The van der Waals surface area contributed by atoms with Crippen molar-refractivity contribution >= 4 is 54.2 Å². The van der Waals surface area contributed by atoms with E-state index in [0.29, 0.717) is 11.5 Å². The van der Waals surface area contributed by atoms with Gasteiger partial charge in [0, 0.05) is 26.2 Å². The summed E-state index contributed by atoms with van der Waals surface area (Å²) in [5, 5.41) is 2.47. The Hall–Kier alpha value is -3.67. The van der Waals surface area contributed by atoms with Gasteiger partial charge in [0.1, 0.15) is 22.6 Å². The Bertz CT molecular complexity index is 1900. The molecule has 9 nitrogen and oxygen atoms in total. The highest BCUT2D eigenvalue weighted by Gasteiger charge is 2.41. The number of halogens is 7. The lowest BCUT2D eigenvalue weighted by atomic mass is 10.1. The largest absolute Gasteiger partial charge is 0.573 e. The van der Waals surface area contributed by atoms with E-state index in [1.54, 1.807) is 17.0 Å². The molecule has 2 aromatic carbocycles. The highest BCUT2D eigenvalue weighted by Crippen LogP contribution is 2.41. The van der Waals surface area contributed by atoms with Gasteiger partial charge in [0.2, 0.25) is 15.9 Å². The molecule has 1 amide bonds. The van der Waals surface area contributed by atoms with E-state index in [2.05, 4.69) is 20.0 Å². The number of hydrogen-bond acceptors (Lipinski definition) is 8. The van der Waals surface area contributed by atoms with E-state index in [1.165, 1.54) is 24.3 Å². The van der Waals surface area contributed by atoms with Gasteiger partial charge in [-0.2, -0.15) is 17.5 Å². The van der Waals surface area contributed by atoms with Gasteiger partial charge in [-0.25, -0.2) is 18.4 Å². The second-order valence-electron chi connectivity index (χ2n) is 11.0. The predicted molar refractivity (Wildman–Crippen MR) is 161 cm³/mol. The summed E-state index contributed by atoms with van der Waals surface area (Å²) in [4.78, 5) is 22.9. The van der Waals surface area contributed by atoms with Crippen LogP contribution in [0.5, 0.6) is 5.75 Å². The second kappa shape index (κ2) is 12.4. The number of ether oxygens (including phenoxy) is 1. The SMILES string of the molecule is O=C(NCc1ccc(OC(F)(F)F)cc1)[C@H]1CN(c2nc3cc(C(F)(F)F)nc(Cl)c3s2)CCN1S(=O)(=O)c1ccc(C2CC2)cc1. The molecule has 1 saturated carbocycles. The smallest absolute Gasteiger partial charge is 0.406 e. The lowest BCUT2D eigenvalue weighted by Gasteiger charge is -2.39. The lowest BCUT2D eigenvalue weighted by molar-refractivity contribution is -0.274. The summed E-state index contributed by atoms with van der Waals surface area (Å²) in [6.07, 6.45) is -7.58. The van der Waals surface area contributed by atoms with Crippen LogP contribution in [0.1, 0.15) is 35.6 Å². The highest BCUT2D eigenvalue weighted by atomic mass is 35.5. The van der Waals surface area contributed by atoms with Crippen LogP contribution in [0.25, 0.3) is 10.2 Å². The maximum absolute atomic E-state index is 13.9. The van der Waals surface area contributed by atoms with E-state index in [-0.39, 0.29) is 46.4 Å². The zero-order chi connectivity index (χ0) is 33.7. The van der Waals surface area contributed by atoms with Crippen molar-refractivity contribution in [3.8, 4) is 5.75 Å². The molecule has 18 heteroatoms. The van der Waals surface area contributed by atoms with Crippen molar-refractivity contribution in [3.05, 3.63) is 76.6 Å². The molecule has 1 aliphatic carbocycles. The molecule has 0 spiro atoms. The Balaban J connectivity index is 1.26. The van der Waals surface area contributed by atoms with E-state index < -0.39 is 51.1 Å². The molecule has 1 saturated heterocycles. The average molecular weight is 720 g/mol. The van der Waals surface area contributed by atoms with Crippen LogP contribution in [0, 0.1) is 0 Å². The number of fused-ring (bicyclic) bond motifs is 1. The van der Waals surface area contributed by atoms with Gasteiger partial charge in [-0.3, -0.25) is 4.79 Å². The minimum absolute atomic E-state index is 0.00840. The van der Waals surface area contributed by atoms with Gasteiger partial charge in [0.25, 0.3) is 0 Å². The fourth-order valence-corrected chi connectivity index (χ4v) is 8.02. The number of alkyl halides is 6. The fraction of sp³-hybridized carbons (Fsp3) is 0.345. The van der Waals surface area contributed by atoms with E-state index >= 15 is 0 Å². The molecule has 250 valence electrons.